The van der Waals surface area contributed by atoms with E-state index in [-0.39, 0.29) is 18.9 Å². The Morgan fingerprint density at radius 1 is 1.27 bits per heavy atom. The maximum atomic E-state index is 12.1. The number of nitrogens with zero attached hydrogens (tertiary/aromatic N) is 3. The Bertz CT molecular complexity index is 571. The van der Waals surface area contributed by atoms with Gasteiger partial charge in [0.2, 0.25) is 0 Å². The number of amides is 1. The second-order valence-corrected chi connectivity index (χ2v) is 6.99. The number of aromatic nitrogens is 1. The molecule has 0 bridgehead atoms. The largest absolute Gasteiger partial charge is 0.444 e. The number of pyridine rings is 1. The molecule has 1 saturated heterocycles. The van der Waals surface area contributed by atoms with Gasteiger partial charge < -0.3 is 9.64 Å². The second-order valence-electron chi connectivity index (χ2n) is 6.18. The molecule has 0 aliphatic carbocycles. The van der Waals surface area contributed by atoms with Crippen molar-refractivity contribution < 1.29 is 14.3 Å². The highest BCUT2D eigenvalue weighted by atomic mass is 79.9. The number of hydrogen-bond acceptors (Lipinski definition) is 5. The average molecular weight is 370 g/mol. The van der Waals surface area contributed by atoms with Crippen LogP contribution < -0.4 is 4.90 Å². The van der Waals surface area contributed by atoms with Gasteiger partial charge >= 0.3 is 6.09 Å². The fraction of sp³-hybridized carbons (Fsp3) is 0.533. The number of carbonyl (C=O) groups excluding carboxylic acids is 2. The number of carbonyl (C=O) groups is 2. The Hall–Kier alpha value is -1.63. The minimum atomic E-state index is -0.571. The highest BCUT2D eigenvalue weighted by molar-refractivity contribution is 9.10. The molecule has 0 unspecified atom stereocenters. The molecule has 1 aliphatic heterocycles. The van der Waals surface area contributed by atoms with Gasteiger partial charge in [0.25, 0.3) is 0 Å². The molecule has 0 radical (unpaired) electrons. The van der Waals surface area contributed by atoms with Crippen LogP contribution in [0.4, 0.5) is 10.6 Å². The van der Waals surface area contributed by atoms with Gasteiger partial charge in [-0.3, -0.25) is 9.69 Å². The van der Waals surface area contributed by atoms with Crippen LogP contribution in [0.25, 0.3) is 0 Å². The van der Waals surface area contributed by atoms with Gasteiger partial charge in [-0.15, -0.1) is 0 Å². The van der Waals surface area contributed by atoms with Crippen LogP contribution >= 0.6 is 15.9 Å². The molecule has 0 aromatic carbocycles. The van der Waals surface area contributed by atoms with E-state index in [0.717, 1.165) is 0 Å². The number of ether oxygens (including phenoxy) is 1. The van der Waals surface area contributed by atoms with E-state index in [9.17, 15) is 9.59 Å². The lowest BCUT2D eigenvalue weighted by Gasteiger charge is -2.26. The molecule has 1 aliphatic rings. The van der Waals surface area contributed by atoms with Crippen molar-refractivity contribution in [1.29, 1.82) is 0 Å². The van der Waals surface area contributed by atoms with Crippen molar-refractivity contribution in [1.82, 2.24) is 9.88 Å². The third kappa shape index (κ3) is 4.69. The molecule has 1 amide bonds. The molecule has 6 nitrogen and oxygen atoms in total. The first-order valence-corrected chi connectivity index (χ1v) is 7.91. The maximum Gasteiger partial charge on any atom is 0.410 e. The van der Waals surface area contributed by atoms with Crippen molar-refractivity contribution in [3.63, 3.8) is 0 Å². The Labute approximate surface area is 138 Å². The molecule has 1 aromatic rings. The molecule has 0 saturated carbocycles. The third-order valence-corrected chi connectivity index (χ3v) is 3.49. The molecule has 22 heavy (non-hydrogen) atoms. The van der Waals surface area contributed by atoms with Gasteiger partial charge in [0.15, 0.2) is 5.78 Å². The van der Waals surface area contributed by atoms with E-state index in [2.05, 4.69) is 20.9 Å². The molecule has 0 spiro atoms. The standard InChI is InChI=1S/C15H20BrN3O3/c1-15(2,3)22-14(21)19-8-7-18(9-11(20)10-19)13-6-4-5-12(16)17-13/h4-6H,7-10H2,1-3H3. The quantitative estimate of drug-likeness (QED) is 0.711. The summed E-state index contributed by atoms with van der Waals surface area (Å²) < 4.78 is 6.05. The number of halogens is 1. The summed E-state index contributed by atoms with van der Waals surface area (Å²) in [6.07, 6.45) is -0.454. The van der Waals surface area contributed by atoms with E-state index in [0.29, 0.717) is 23.5 Å². The predicted molar refractivity (Wildman–Crippen MR) is 87.0 cm³/mol. The van der Waals surface area contributed by atoms with Gasteiger partial charge in [-0.05, 0) is 48.8 Å². The first kappa shape index (κ1) is 16.7. The van der Waals surface area contributed by atoms with Gasteiger partial charge in [0, 0.05) is 13.1 Å². The number of anilines is 1. The Morgan fingerprint density at radius 2 is 2.00 bits per heavy atom. The maximum absolute atomic E-state index is 12.1. The highest BCUT2D eigenvalue weighted by Crippen LogP contribution is 2.17. The van der Waals surface area contributed by atoms with Crippen LogP contribution in [0, 0.1) is 0 Å². The van der Waals surface area contributed by atoms with Crippen LogP contribution in [0.2, 0.25) is 0 Å². The zero-order valence-electron chi connectivity index (χ0n) is 13.0. The smallest absolute Gasteiger partial charge is 0.410 e. The number of ketones is 1. The normalized spacial score (nSPS) is 16.5. The van der Waals surface area contributed by atoms with E-state index >= 15 is 0 Å². The summed E-state index contributed by atoms with van der Waals surface area (Å²) in [4.78, 5) is 31.9. The average Bonchev–Trinajstić information content (AvgIpc) is 2.59. The minimum Gasteiger partial charge on any atom is -0.444 e. The van der Waals surface area contributed by atoms with Gasteiger partial charge in [-0.25, -0.2) is 9.78 Å². The zero-order valence-corrected chi connectivity index (χ0v) is 14.6. The molecule has 7 heteroatoms. The number of rotatable bonds is 1. The van der Waals surface area contributed by atoms with Crippen molar-refractivity contribution in [2.45, 2.75) is 26.4 Å². The molecule has 2 heterocycles. The SMILES string of the molecule is CC(C)(C)OC(=O)N1CCN(c2cccc(Br)n2)CC(=O)C1. The van der Waals surface area contributed by atoms with Crippen LogP contribution in [0.15, 0.2) is 22.8 Å². The first-order valence-electron chi connectivity index (χ1n) is 7.12. The molecule has 120 valence electrons. The molecule has 2 rings (SSSR count). The Kier molecular flexibility index (Phi) is 5.05. The monoisotopic (exact) mass is 369 g/mol. The van der Waals surface area contributed by atoms with E-state index in [1.54, 1.807) is 0 Å². The van der Waals surface area contributed by atoms with Crippen LogP contribution in [0.1, 0.15) is 20.8 Å². The van der Waals surface area contributed by atoms with Gasteiger partial charge in [-0.1, -0.05) is 6.07 Å². The van der Waals surface area contributed by atoms with Crippen molar-refractivity contribution >= 4 is 33.6 Å². The van der Waals surface area contributed by atoms with Crippen LogP contribution in [-0.2, 0) is 9.53 Å². The lowest BCUT2D eigenvalue weighted by molar-refractivity contribution is -0.118. The van der Waals surface area contributed by atoms with E-state index in [1.165, 1.54) is 4.90 Å². The van der Waals surface area contributed by atoms with Gasteiger partial charge in [0.05, 0.1) is 13.1 Å². The summed E-state index contributed by atoms with van der Waals surface area (Å²) in [5.41, 5.74) is -0.571. The van der Waals surface area contributed by atoms with Crippen LogP contribution in [0.5, 0.6) is 0 Å². The van der Waals surface area contributed by atoms with E-state index in [4.69, 9.17) is 4.74 Å². The molecule has 0 N–H and O–H groups in total. The third-order valence-electron chi connectivity index (χ3n) is 3.05. The lowest BCUT2D eigenvalue weighted by Crippen LogP contribution is -2.40. The molecule has 1 aromatic heterocycles. The van der Waals surface area contributed by atoms with Crippen LogP contribution in [0.3, 0.4) is 0 Å². The minimum absolute atomic E-state index is 0.0369. The van der Waals surface area contributed by atoms with Crippen molar-refractivity contribution in [2.24, 2.45) is 0 Å². The Balaban J connectivity index is 2.07. The predicted octanol–water partition coefficient (Wildman–Crippen LogP) is 2.47. The summed E-state index contributed by atoms with van der Waals surface area (Å²) in [5.74, 6) is 0.680. The summed E-state index contributed by atoms with van der Waals surface area (Å²) in [5, 5.41) is 0. The van der Waals surface area contributed by atoms with Crippen molar-refractivity contribution in [3.8, 4) is 0 Å². The lowest BCUT2D eigenvalue weighted by atomic mass is 10.2. The second kappa shape index (κ2) is 6.64. The van der Waals surface area contributed by atoms with Crippen molar-refractivity contribution in [2.75, 3.05) is 31.1 Å². The first-order chi connectivity index (χ1) is 10.2. The molecule has 0 atom stereocenters. The molecular weight excluding hydrogens is 350 g/mol. The van der Waals surface area contributed by atoms with Gasteiger partial charge in [-0.2, -0.15) is 0 Å². The van der Waals surface area contributed by atoms with Crippen LogP contribution in [-0.4, -0.2) is 53.5 Å². The van der Waals surface area contributed by atoms with Crippen molar-refractivity contribution in [3.05, 3.63) is 22.8 Å². The van der Waals surface area contributed by atoms with E-state index < -0.39 is 11.7 Å². The highest BCUT2D eigenvalue weighted by Gasteiger charge is 2.28. The topological polar surface area (TPSA) is 62.7 Å². The van der Waals surface area contributed by atoms with E-state index in [1.807, 2.05) is 43.9 Å². The van der Waals surface area contributed by atoms with Gasteiger partial charge in [0.1, 0.15) is 16.0 Å². The summed E-state index contributed by atoms with van der Waals surface area (Å²) in [7, 11) is 0. The number of Topliss-reactive ketones (excluding diaryl/α,β-unsaturated/α-hetero) is 1. The summed E-state index contributed by atoms with van der Waals surface area (Å²) in [6.45, 7) is 6.69. The molecule has 1 fully saturated rings. The number of hydrogen-bond donors (Lipinski definition) is 0. The summed E-state index contributed by atoms with van der Waals surface area (Å²) >= 11 is 3.32. The summed E-state index contributed by atoms with van der Waals surface area (Å²) in [6, 6.07) is 5.55. The Morgan fingerprint density at radius 3 is 2.64 bits per heavy atom. The fourth-order valence-electron chi connectivity index (χ4n) is 2.13. The molecular formula is C15H20BrN3O3. The fourth-order valence-corrected chi connectivity index (χ4v) is 2.46. The zero-order chi connectivity index (χ0) is 16.3.